The SMILES string of the molecule is CN1CC(CN)N(C)c2ccc(C(=O)O)cc21. The van der Waals surface area contributed by atoms with E-state index >= 15 is 0 Å². The second kappa shape index (κ2) is 4.25. The van der Waals surface area contributed by atoms with Crippen LogP contribution in [0.5, 0.6) is 0 Å². The first kappa shape index (κ1) is 11.7. The first-order valence-electron chi connectivity index (χ1n) is 5.56. The van der Waals surface area contributed by atoms with Crippen LogP contribution in [0.25, 0.3) is 0 Å². The third-order valence-electron chi connectivity index (χ3n) is 3.32. The maximum Gasteiger partial charge on any atom is 0.335 e. The second-order valence-corrected chi connectivity index (χ2v) is 4.39. The summed E-state index contributed by atoms with van der Waals surface area (Å²) < 4.78 is 0. The van der Waals surface area contributed by atoms with Crippen molar-refractivity contribution in [1.82, 2.24) is 0 Å². The largest absolute Gasteiger partial charge is 0.478 e. The predicted octanol–water partition coefficient (Wildman–Crippen LogP) is 0.598. The molecule has 0 aliphatic carbocycles. The maximum absolute atomic E-state index is 10.9. The lowest BCUT2D eigenvalue weighted by molar-refractivity contribution is 0.0697. The van der Waals surface area contributed by atoms with Gasteiger partial charge in [0.2, 0.25) is 0 Å². The molecule has 0 aromatic heterocycles. The summed E-state index contributed by atoms with van der Waals surface area (Å²) in [4.78, 5) is 15.1. The van der Waals surface area contributed by atoms with E-state index in [9.17, 15) is 4.79 Å². The van der Waals surface area contributed by atoms with Crippen LogP contribution in [0.15, 0.2) is 18.2 Å². The van der Waals surface area contributed by atoms with E-state index in [-0.39, 0.29) is 6.04 Å². The summed E-state index contributed by atoms with van der Waals surface area (Å²) in [5.74, 6) is -0.898. The van der Waals surface area contributed by atoms with Crippen molar-refractivity contribution in [1.29, 1.82) is 0 Å². The van der Waals surface area contributed by atoms with Crippen molar-refractivity contribution in [2.45, 2.75) is 6.04 Å². The van der Waals surface area contributed by atoms with Gasteiger partial charge in [0.05, 0.1) is 23.0 Å². The third-order valence-corrected chi connectivity index (χ3v) is 3.32. The Morgan fingerprint density at radius 1 is 1.47 bits per heavy atom. The molecule has 1 aliphatic heterocycles. The van der Waals surface area contributed by atoms with Gasteiger partial charge in [-0.15, -0.1) is 0 Å². The molecule has 0 saturated carbocycles. The quantitative estimate of drug-likeness (QED) is 0.785. The smallest absolute Gasteiger partial charge is 0.335 e. The number of hydrogen-bond acceptors (Lipinski definition) is 4. The highest BCUT2D eigenvalue weighted by Crippen LogP contribution is 2.34. The molecule has 0 amide bonds. The molecule has 1 atom stereocenters. The molecule has 0 spiro atoms. The van der Waals surface area contributed by atoms with Crippen LogP contribution in [0.4, 0.5) is 11.4 Å². The molecule has 0 bridgehead atoms. The highest BCUT2D eigenvalue weighted by atomic mass is 16.4. The number of hydrogen-bond donors (Lipinski definition) is 2. The summed E-state index contributed by atoms with van der Waals surface area (Å²) in [7, 11) is 3.95. The Bertz CT molecular complexity index is 447. The van der Waals surface area contributed by atoms with Gasteiger partial charge in [0.25, 0.3) is 0 Å². The van der Waals surface area contributed by atoms with E-state index in [1.54, 1.807) is 12.1 Å². The second-order valence-electron chi connectivity index (χ2n) is 4.39. The molecule has 1 aromatic rings. The molecule has 1 heterocycles. The van der Waals surface area contributed by atoms with Gasteiger partial charge in [-0.3, -0.25) is 0 Å². The monoisotopic (exact) mass is 235 g/mol. The third kappa shape index (κ3) is 1.93. The number of nitrogens with two attached hydrogens (primary N) is 1. The van der Waals surface area contributed by atoms with Crippen LogP contribution < -0.4 is 15.5 Å². The van der Waals surface area contributed by atoms with Gasteiger partial charge >= 0.3 is 5.97 Å². The lowest BCUT2D eigenvalue weighted by Gasteiger charge is -2.41. The summed E-state index contributed by atoms with van der Waals surface area (Å²) in [5, 5.41) is 8.98. The number of carboxylic acid groups (broad SMARTS) is 1. The van der Waals surface area contributed by atoms with Crippen LogP contribution >= 0.6 is 0 Å². The Hall–Kier alpha value is -1.75. The van der Waals surface area contributed by atoms with Crippen LogP contribution in [0.2, 0.25) is 0 Å². The highest BCUT2D eigenvalue weighted by molar-refractivity contribution is 5.91. The summed E-state index contributed by atoms with van der Waals surface area (Å²) in [6.45, 7) is 1.39. The van der Waals surface area contributed by atoms with E-state index in [1.165, 1.54) is 0 Å². The van der Waals surface area contributed by atoms with Gasteiger partial charge in [0.15, 0.2) is 0 Å². The van der Waals surface area contributed by atoms with E-state index in [1.807, 2.05) is 20.2 Å². The molecule has 0 radical (unpaired) electrons. The van der Waals surface area contributed by atoms with Gasteiger partial charge in [-0.05, 0) is 18.2 Å². The molecule has 0 saturated heterocycles. The number of rotatable bonds is 2. The van der Waals surface area contributed by atoms with Crippen LogP contribution in [-0.4, -0.2) is 44.3 Å². The minimum atomic E-state index is -0.898. The zero-order valence-corrected chi connectivity index (χ0v) is 10.1. The summed E-state index contributed by atoms with van der Waals surface area (Å²) >= 11 is 0. The van der Waals surface area contributed by atoms with Crippen LogP contribution in [0, 0.1) is 0 Å². The summed E-state index contributed by atoms with van der Waals surface area (Å²) in [5.41, 5.74) is 8.01. The Morgan fingerprint density at radius 2 is 2.18 bits per heavy atom. The number of carbonyl (C=O) groups is 1. The maximum atomic E-state index is 10.9. The number of benzene rings is 1. The molecule has 17 heavy (non-hydrogen) atoms. The van der Waals surface area contributed by atoms with Gasteiger partial charge in [-0.25, -0.2) is 4.79 Å². The average Bonchev–Trinajstić information content (AvgIpc) is 2.33. The number of anilines is 2. The minimum absolute atomic E-state index is 0.267. The molecule has 0 fully saturated rings. The van der Waals surface area contributed by atoms with Crippen LogP contribution in [0.3, 0.4) is 0 Å². The van der Waals surface area contributed by atoms with E-state index in [0.29, 0.717) is 12.1 Å². The topological polar surface area (TPSA) is 69.8 Å². The number of fused-ring (bicyclic) bond motifs is 1. The fourth-order valence-electron chi connectivity index (χ4n) is 2.23. The normalized spacial score (nSPS) is 19.1. The zero-order valence-electron chi connectivity index (χ0n) is 10.1. The van der Waals surface area contributed by atoms with Gasteiger partial charge in [0.1, 0.15) is 0 Å². The first-order valence-corrected chi connectivity index (χ1v) is 5.56. The van der Waals surface area contributed by atoms with Crippen molar-refractivity contribution in [3.63, 3.8) is 0 Å². The molecular weight excluding hydrogens is 218 g/mol. The molecule has 5 nitrogen and oxygen atoms in total. The molecular formula is C12H17N3O2. The van der Waals surface area contributed by atoms with E-state index in [4.69, 9.17) is 10.8 Å². The van der Waals surface area contributed by atoms with Gasteiger partial charge < -0.3 is 20.6 Å². The summed E-state index contributed by atoms with van der Waals surface area (Å²) in [6, 6.07) is 5.45. The van der Waals surface area contributed by atoms with E-state index in [2.05, 4.69) is 9.80 Å². The Morgan fingerprint density at radius 3 is 2.76 bits per heavy atom. The molecule has 1 aliphatic rings. The van der Waals surface area contributed by atoms with Crippen molar-refractivity contribution < 1.29 is 9.90 Å². The Kier molecular flexibility index (Phi) is 2.93. The fraction of sp³-hybridized carbons (Fsp3) is 0.417. The van der Waals surface area contributed by atoms with Crippen molar-refractivity contribution in [3.05, 3.63) is 23.8 Å². The zero-order chi connectivity index (χ0) is 12.6. The molecule has 3 N–H and O–H groups in total. The molecule has 5 heteroatoms. The Labute approximate surface area is 100 Å². The number of nitrogens with zero attached hydrogens (tertiary/aromatic N) is 2. The van der Waals surface area contributed by atoms with Crippen molar-refractivity contribution >= 4 is 17.3 Å². The van der Waals surface area contributed by atoms with E-state index in [0.717, 1.165) is 17.9 Å². The van der Waals surface area contributed by atoms with Crippen molar-refractivity contribution in [2.75, 3.05) is 37.0 Å². The van der Waals surface area contributed by atoms with E-state index < -0.39 is 5.97 Å². The molecule has 2 rings (SSSR count). The minimum Gasteiger partial charge on any atom is -0.478 e. The lowest BCUT2D eigenvalue weighted by Crippen LogP contribution is -2.49. The molecule has 1 aromatic carbocycles. The lowest BCUT2D eigenvalue weighted by atomic mass is 10.1. The van der Waals surface area contributed by atoms with Gasteiger partial charge in [-0.2, -0.15) is 0 Å². The average molecular weight is 235 g/mol. The first-order chi connectivity index (χ1) is 8.04. The number of carboxylic acids is 1. The van der Waals surface area contributed by atoms with Crippen molar-refractivity contribution in [3.8, 4) is 0 Å². The number of likely N-dealkylation sites (N-methyl/N-ethyl adjacent to an activating group) is 2. The van der Waals surface area contributed by atoms with Crippen LogP contribution in [-0.2, 0) is 0 Å². The highest BCUT2D eigenvalue weighted by Gasteiger charge is 2.26. The fourth-order valence-corrected chi connectivity index (χ4v) is 2.23. The Balaban J connectivity index is 2.45. The van der Waals surface area contributed by atoms with Crippen molar-refractivity contribution in [2.24, 2.45) is 5.73 Å². The standard InChI is InChI=1S/C12H17N3O2/c1-14-7-9(6-13)15(2)10-4-3-8(12(16)17)5-11(10)14/h3-5,9H,6-7,13H2,1-2H3,(H,16,17). The predicted molar refractivity (Wildman–Crippen MR) is 67.9 cm³/mol. The van der Waals surface area contributed by atoms with Gasteiger partial charge in [0, 0.05) is 27.2 Å². The number of aromatic carboxylic acids is 1. The van der Waals surface area contributed by atoms with Gasteiger partial charge in [-0.1, -0.05) is 0 Å². The molecule has 1 unspecified atom stereocenters. The van der Waals surface area contributed by atoms with Crippen LogP contribution in [0.1, 0.15) is 10.4 Å². The summed E-state index contributed by atoms with van der Waals surface area (Å²) in [6.07, 6.45) is 0. The molecule has 92 valence electrons.